The van der Waals surface area contributed by atoms with Crippen LogP contribution in [0.15, 0.2) is 49.2 Å². The van der Waals surface area contributed by atoms with E-state index >= 15 is 4.39 Å². The molecule has 0 atom stereocenters. The van der Waals surface area contributed by atoms with Gasteiger partial charge in [-0.1, -0.05) is 6.58 Å². The van der Waals surface area contributed by atoms with Crippen LogP contribution in [0.4, 0.5) is 27.4 Å². The summed E-state index contributed by atoms with van der Waals surface area (Å²) in [4.78, 5) is 29.9. The Morgan fingerprint density at radius 1 is 1.17 bits per heavy atom. The van der Waals surface area contributed by atoms with Crippen molar-refractivity contribution in [2.24, 2.45) is 0 Å². The largest absolute Gasteiger partial charge is 0.494 e. The van der Waals surface area contributed by atoms with Gasteiger partial charge in [-0.15, -0.1) is 0 Å². The minimum absolute atomic E-state index is 0.294. The van der Waals surface area contributed by atoms with Crippen LogP contribution in [0.25, 0.3) is 22.3 Å². The number of benzene rings is 2. The van der Waals surface area contributed by atoms with E-state index in [2.05, 4.69) is 41.6 Å². The predicted molar refractivity (Wildman–Crippen MR) is 161 cm³/mol. The van der Waals surface area contributed by atoms with Crippen molar-refractivity contribution in [2.75, 3.05) is 56.9 Å². The number of aromatic nitrogens is 4. The molecule has 10 nitrogen and oxygen atoms in total. The van der Waals surface area contributed by atoms with Gasteiger partial charge in [0.15, 0.2) is 5.82 Å². The van der Waals surface area contributed by atoms with Gasteiger partial charge in [-0.25, -0.2) is 19.3 Å². The van der Waals surface area contributed by atoms with E-state index in [0.29, 0.717) is 45.9 Å². The first-order valence-electron chi connectivity index (χ1n) is 13.5. The van der Waals surface area contributed by atoms with Crippen molar-refractivity contribution in [1.29, 1.82) is 0 Å². The standard InChI is InChI=1S/C30H35FN8O2/c1-7-28(40)34-23-16-24(27(41-6)17-25(23)38(5)13-12-37(3)4)36-30-32-11-10-22(35-30)19-14-21(31)29-26(15-19)39(18(2)33-29)20-8-9-20/h7,10-11,14-17,20H,1,8-9,12-13H2,2-6H3,(H,34,40)(H,32,35,36). The zero-order chi connectivity index (χ0) is 29.3. The highest BCUT2D eigenvalue weighted by Gasteiger charge is 2.28. The van der Waals surface area contributed by atoms with Crippen LogP contribution in [0.3, 0.4) is 0 Å². The molecular formula is C30H35FN8O2. The summed E-state index contributed by atoms with van der Waals surface area (Å²) < 4.78 is 22.9. The van der Waals surface area contributed by atoms with Crippen LogP contribution >= 0.6 is 0 Å². The predicted octanol–water partition coefficient (Wildman–Crippen LogP) is 5.15. The number of hydrogen-bond acceptors (Lipinski definition) is 8. The van der Waals surface area contributed by atoms with Crippen LogP contribution in [0.1, 0.15) is 24.7 Å². The number of imidazole rings is 1. The number of likely N-dealkylation sites (N-methyl/N-ethyl adjacent to an activating group) is 2. The molecule has 0 spiro atoms. The first-order valence-corrected chi connectivity index (χ1v) is 13.5. The molecule has 4 aromatic rings. The lowest BCUT2D eigenvalue weighted by molar-refractivity contribution is -0.111. The summed E-state index contributed by atoms with van der Waals surface area (Å²) >= 11 is 0. The molecule has 11 heteroatoms. The van der Waals surface area contributed by atoms with Crippen LogP contribution in [-0.2, 0) is 4.79 Å². The summed E-state index contributed by atoms with van der Waals surface area (Å²) in [6.07, 6.45) is 4.98. The van der Waals surface area contributed by atoms with Gasteiger partial charge in [0.05, 0.1) is 35.4 Å². The summed E-state index contributed by atoms with van der Waals surface area (Å²) in [5.74, 6) is 0.929. The van der Waals surface area contributed by atoms with Gasteiger partial charge in [-0.3, -0.25) is 4.79 Å². The number of nitrogens with one attached hydrogen (secondary N) is 2. The van der Waals surface area contributed by atoms with Gasteiger partial charge >= 0.3 is 0 Å². The molecule has 2 N–H and O–H groups in total. The van der Waals surface area contributed by atoms with E-state index in [1.54, 1.807) is 25.4 Å². The normalized spacial score (nSPS) is 13.0. The number of ether oxygens (including phenoxy) is 1. The fraction of sp³-hybridized carbons (Fsp3) is 0.333. The van der Waals surface area contributed by atoms with Crippen molar-refractivity contribution in [3.8, 4) is 17.0 Å². The second-order valence-electron chi connectivity index (χ2n) is 10.5. The molecule has 5 rings (SSSR count). The Labute approximate surface area is 238 Å². The van der Waals surface area contributed by atoms with Crippen molar-refractivity contribution < 1.29 is 13.9 Å². The fourth-order valence-corrected chi connectivity index (χ4v) is 4.82. The topological polar surface area (TPSA) is 100 Å². The van der Waals surface area contributed by atoms with Gasteiger partial charge in [-0.05, 0) is 64.2 Å². The number of nitrogens with zero attached hydrogens (tertiary/aromatic N) is 6. The lowest BCUT2D eigenvalue weighted by Crippen LogP contribution is -2.29. The number of carbonyl (C=O) groups is 1. The van der Waals surface area contributed by atoms with E-state index in [9.17, 15) is 4.79 Å². The minimum atomic E-state index is -0.383. The molecule has 41 heavy (non-hydrogen) atoms. The number of aryl methyl sites for hydroxylation is 1. The van der Waals surface area contributed by atoms with Crippen molar-refractivity contribution in [3.05, 3.63) is 60.8 Å². The number of anilines is 4. The first kappa shape index (κ1) is 28.0. The molecule has 0 saturated heterocycles. The Balaban J connectivity index is 1.49. The average molecular weight is 559 g/mol. The summed E-state index contributed by atoms with van der Waals surface area (Å²) in [6.45, 7) is 7.03. The fourth-order valence-electron chi connectivity index (χ4n) is 4.82. The molecule has 2 aromatic heterocycles. The van der Waals surface area contributed by atoms with Gasteiger partial charge in [0, 0.05) is 44.0 Å². The maximum Gasteiger partial charge on any atom is 0.247 e. The molecule has 0 bridgehead atoms. The molecule has 0 unspecified atom stereocenters. The van der Waals surface area contributed by atoms with E-state index in [0.717, 1.165) is 43.0 Å². The van der Waals surface area contributed by atoms with E-state index < -0.39 is 0 Å². The molecule has 2 aromatic carbocycles. The van der Waals surface area contributed by atoms with E-state index in [1.807, 2.05) is 45.1 Å². The number of fused-ring (bicyclic) bond motifs is 1. The van der Waals surface area contributed by atoms with E-state index in [4.69, 9.17) is 4.74 Å². The van der Waals surface area contributed by atoms with Gasteiger partial charge in [0.2, 0.25) is 11.9 Å². The van der Waals surface area contributed by atoms with Crippen molar-refractivity contribution in [3.63, 3.8) is 0 Å². The molecular weight excluding hydrogens is 523 g/mol. The van der Waals surface area contributed by atoms with Crippen LogP contribution in [0.2, 0.25) is 0 Å². The highest BCUT2D eigenvalue weighted by Crippen LogP contribution is 2.40. The summed E-state index contributed by atoms with van der Waals surface area (Å²) in [5, 5.41) is 6.10. The van der Waals surface area contributed by atoms with Gasteiger partial charge in [0.25, 0.3) is 0 Å². The van der Waals surface area contributed by atoms with Gasteiger partial charge < -0.3 is 29.7 Å². The number of rotatable bonds is 11. The Morgan fingerprint density at radius 3 is 2.63 bits per heavy atom. The number of methoxy groups -OCH3 is 1. The zero-order valence-electron chi connectivity index (χ0n) is 24.0. The number of halogens is 1. The van der Waals surface area contributed by atoms with Crippen LogP contribution in [0.5, 0.6) is 5.75 Å². The molecule has 1 aliphatic carbocycles. The highest BCUT2D eigenvalue weighted by molar-refractivity contribution is 6.02. The molecule has 214 valence electrons. The monoisotopic (exact) mass is 558 g/mol. The molecule has 1 saturated carbocycles. The Bertz CT molecular complexity index is 1610. The summed E-state index contributed by atoms with van der Waals surface area (Å²) in [5.41, 5.74) is 4.25. The Kier molecular flexibility index (Phi) is 7.89. The second kappa shape index (κ2) is 11.5. The molecule has 0 aliphatic heterocycles. The van der Waals surface area contributed by atoms with Crippen LogP contribution in [-0.4, -0.2) is 71.7 Å². The zero-order valence-corrected chi connectivity index (χ0v) is 24.0. The number of carbonyl (C=O) groups excluding carboxylic acids is 1. The van der Waals surface area contributed by atoms with Crippen molar-refractivity contribution >= 4 is 40.0 Å². The maximum absolute atomic E-state index is 15.1. The van der Waals surface area contributed by atoms with Crippen molar-refractivity contribution in [2.45, 2.75) is 25.8 Å². The molecule has 1 aliphatic rings. The third kappa shape index (κ3) is 5.99. The number of hydrogen-bond donors (Lipinski definition) is 2. The van der Waals surface area contributed by atoms with Gasteiger partial charge in [-0.2, -0.15) is 0 Å². The lowest BCUT2D eigenvalue weighted by atomic mass is 10.1. The maximum atomic E-state index is 15.1. The minimum Gasteiger partial charge on any atom is -0.494 e. The SMILES string of the molecule is C=CC(=O)Nc1cc(Nc2nccc(-c3cc(F)c4nc(C)n(C5CC5)c4c3)n2)c(OC)cc1N(C)CCN(C)C. The molecule has 1 fully saturated rings. The van der Waals surface area contributed by atoms with Crippen LogP contribution < -0.4 is 20.3 Å². The first-order chi connectivity index (χ1) is 19.7. The molecule has 0 radical (unpaired) electrons. The smallest absolute Gasteiger partial charge is 0.247 e. The van der Waals surface area contributed by atoms with Gasteiger partial charge in [0.1, 0.15) is 17.1 Å². The van der Waals surface area contributed by atoms with Crippen LogP contribution in [0, 0.1) is 12.7 Å². The van der Waals surface area contributed by atoms with E-state index in [-0.39, 0.29) is 11.7 Å². The summed E-state index contributed by atoms with van der Waals surface area (Å²) in [7, 11) is 7.54. The summed E-state index contributed by atoms with van der Waals surface area (Å²) in [6, 6.07) is 9.13. The lowest BCUT2D eigenvalue weighted by Gasteiger charge is -2.26. The van der Waals surface area contributed by atoms with E-state index in [1.165, 1.54) is 12.1 Å². The number of amides is 1. The van der Waals surface area contributed by atoms with Crippen molar-refractivity contribution in [1.82, 2.24) is 24.4 Å². The Morgan fingerprint density at radius 2 is 1.95 bits per heavy atom. The Hall–Kier alpha value is -4.51. The molecule has 1 amide bonds. The highest BCUT2D eigenvalue weighted by atomic mass is 19.1. The average Bonchev–Trinajstić information content (AvgIpc) is 3.73. The quantitative estimate of drug-likeness (QED) is 0.244. The third-order valence-corrected chi connectivity index (χ3v) is 7.09. The molecule has 2 heterocycles. The third-order valence-electron chi connectivity index (χ3n) is 7.09. The second-order valence-corrected chi connectivity index (χ2v) is 10.5.